The van der Waals surface area contributed by atoms with Crippen LogP contribution >= 0.6 is 22.9 Å². The zero-order valence-electron chi connectivity index (χ0n) is 19.8. The second-order valence-electron chi connectivity index (χ2n) is 8.74. The lowest BCUT2D eigenvalue weighted by Gasteiger charge is -2.35. The summed E-state index contributed by atoms with van der Waals surface area (Å²) in [4.78, 5) is 24.8. The van der Waals surface area contributed by atoms with Gasteiger partial charge in [0, 0.05) is 35.7 Å². The summed E-state index contributed by atoms with van der Waals surface area (Å²) in [6.45, 7) is 4.23. The van der Waals surface area contributed by atoms with E-state index >= 15 is 0 Å². The van der Waals surface area contributed by atoms with Crippen LogP contribution in [0.3, 0.4) is 0 Å². The second-order valence-corrected chi connectivity index (χ2v) is 10.1. The molecule has 4 aromatic rings. The van der Waals surface area contributed by atoms with E-state index in [2.05, 4.69) is 15.0 Å². The van der Waals surface area contributed by atoms with E-state index in [4.69, 9.17) is 25.8 Å². The number of hydrogen-bond donors (Lipinski definition) is 0. The topological polar surface area (TPSA) is 83.4 Å². The number of ether oxygens (including phenoxy) is 3. The average molecular weight is 552 g/mol. The maximum absolute atomic E-state index is 15.0. The minimum absolute atomic E-state index is 0.156. The van der Waals surface area contributed by atoms with Gasteiger partial charge in [0.05, 0.1) is 40.5 Å². The summed E-state index contributed by atoms with van der Waals surface area (Å²) >= 11 is 6.57. The molecule has 1 saturated carbocycles. The third-order valence-electron chi connectivity index (χ3n) is 5.97. The number of aryl methyl sites for hydroxylation is 1. The van der Waals surface area contributed by atoms with Crippen LogP contribution in [0, 0.1) is 12.7 Å². The van der Waals surface area contributed by atoms with Crippen LogP contribution in [0.2, 0.25) is 0 Å². The van der Waals surface area contributed by atoms with Crippen LogP contribution < -0.4 is 9.47 Å². The summed E-state index contributed by atoms with van der Waals surface area (Å²) < 4.78 is 59.7. The highest BCUT2D eigenvalue weighted by Crippen LogP contribution is 2.40. The molecular formula is C25H21ClF3N3O4S. The molecule has 2 heterocycles. The number of halogens is 4. The minimum Gasteiger partial charge on any atom is -0.483 e. The van der Waals surface area contributed by atoms with Crippen molar-refractivity contribution in [2.45, 2.75) is 51.2 Å². The number of aromatic nitrogens is 3. The number of benzene rings is 2. The monoisotopic (exact) mass is 551 g/mol. The number of alkyl halides is 2. The number of fused-ring (bicyclic) bond motifs is 2. The van der Waals surface area contributed by atoms with E-state index in [1.165, 1.54) is 29.7 Å². The lowest BCUT2D eigenvalue weighted by atomic mass is 9.91. The van der Waals surface area contributed by atoms with Gasteiger partial charge in [0.2, 0.25) is 5.88 Å². The summed E-state index contributed by atoms with van der Waals surface area (Å²) in [7, 11) is 0. The largest absolute Gasteiger partial charge is 0.483 e. The zero-order chi connectivity index (χ0) is 26.3. The van der Waals surface area contributed by atoms with Crippen molar-refractivity contribution < 1.29 is 32.2 Å². The van der Waals surface area contributed by atoms with Gasteiger partial charge in [0.25, 0.3) is 5.92 Å². The predicted octanol–water partition coefficient (Wildman–Crippen LogP) is 7.06. The summed E-state index contributed by atoms with van der Waals surface area (Å²) in [5.41, 5.74) is 2.13. The van der Waals surface area contributed by atoms with Crippen LogP contribution in [-0.4, -0.2) is 45.1 Å². The van der Waals surface area contributed by atoms with Gasteiger partial charge in [-0.25, -0.2) is 32.9 Å². The van der Waals surface area contributed by atoms with Crippen LogP contribution in [0.25, 0.3) is 31.8 Å². The standard InChI is InChI=1S/C25H21ClF3N3O4S/c1-3-34-21-11-30-22-13(6-12(2)7-16(22)31-21)23-32-15-8-14(27)18(9-20(15)37-23)35-19-10-25(28,29)5-4-17(19)36-24(26)33/h6-9,11,17,19H,3-5,10H2,1-2H3. The fourth-order valence-corrected chi connectivity index (χ4v) is 5.47. The zero-order valence-corrected chi connectivity index (χ0v) is 21.3. The van der Waals surface area contributed by atoms with Crippen molar-refractivity contribution in [3.8, 4) is 22.2 Å². The molecule has 0 aliphatic heterocycles. The average Bonchev–Trinajstić information content (AvgIpc) is 3.22. The molecular weight excluding hydrogens is 531 g/mol. The Hall–Kier alpha value is -3.18. The number of thiazole rings is 1. The van der Waals surface area contributed by atoms with Crippen molar-refractivity contribution in [3.63, 3.8) is 0 Å². The molecule has 0 amide bonds. The summed E-state index contributed by atoms with van der Waals surface area (Å²) in [5, 5.41) is 0.580. The molecule has 0 spiro atoms. The van der Waals surface area contributed by atoms with Gasteiger partial charge in [-0.2, -0.15) is 0 Å². The molecule has 0 saturated heterocycles. The molecule has 0 N–H and O–H groups in total. The predicted molar refractivity (Wildman–Crippen MR) is 133 cm³/mol. The number of rotatable bonds is 6. The first-order chi connectivity index (χ1) is 17.6. The first-order valence-electron chi connectivity index (χ1n) is 11.5. The first kappa shape index (κ1) is 25.5. The van der Waals surface area contributed by atoms with Gasteiger partial charge in [-0.3, -0.25) is 0 Å². The van der Waals surface area contributed by atoms with Crippen molar-refractivity contribution in [2.24, 2.45) is 0 Å². The molecule has 5 rings (SSSR count). The third kappa shape index (κ3) is 5.42. The third-order valence-corrected chi connectivity index (χ3v) is 7.11. The van der Waals surface area contributed by atoms with Crippen LogP contribution in [0.1, 0.15) is 31.7 Å². The molecule has 37 heavy (non-hydrogen) atoms. The van der Waals surface area contributed by atoms with Gasteiger partial charge in [-0.05, 0) is 38.0 Å². The molecule has 0 bridgehead atoms. The minimum atomic E-state index is -3.03. The molecule has 2 aromatic carbocycles. The lowest BCUT2D eigenvalue weighted by Crippen LogP contribution is -2.44. The second kappa shape index (κ2) is 9.94. The molecule has 0 radical (unpaired) electrons. The van der Waals surface area contributed by atoms with Gasteiger partial charge in [-0.15, -0.1) is 11.3 Å². The smallest absolute Gasteiger partial charge is 0.404 e. The van der Waals surface area contributed by atoms with E-state index < -0.39 is 42.2 Å². The molecule has 1 aliphatic carbocycles. The fourth-order valence-electron chi connectivity index (χ4n) is 4.37. The van der Waals surface area contributed by atoms with Crippen molar-refractivity contribution in [3.05, 3.63) is 41.8 Å². The molecule has 2 atom stereocenters. The lowest BCUT2D eigenvalue weighted by molar-refractivity contribution is -0.113. The van der Waals surface area contributed by atoms with Crippen LogP contribution in [-0.2, 0) is 4.74 Å². The molecule has 194 valence electrons. The van der Waals surface area contributed by atoms with Crippen LogP contribution in [0.5, 0.6) is 11.6 Å². The van der Waals surface area contributed by atoms with Gasteiger partial charge >= 0.3 is 5.43 Å². The molecule has 7 nitrogen and oxygen atoms in total. The summed E-state index contributed by atoms with van der Waals surface area (Å²) in [6, 6.07) is 6.40. The van der Waals surface area contributed by atoms with E-state index in [0.717, 1.165) is 11.1 Å². The first-order valence-corrected chi connectivity index (χ1v) is 12.7. The molecule has 1 aliphatic rings. The van der Waals surface area contributed by atoms with E-state index in [-0.39, 0.29) is 12.2 Å². The molecule has 1 fully saturated rings. The Bertz CT molecular complexity index is 1500. The van der Waals surface area contributed by atoms with Crippen molar-refractivity contribution in [2.75, 3.05) is 6.61 Å². The normalized spacial score (nSPS) is 19.2. The van der Waals surface area contributed by atoms with E-state index in [1.54, 1.807) is 0 Å². The number of nitrogens with zero attached hydrogens (tertiary/aromatic N) is 3. The van der Waals surface area contributed by atoms with Crippen molar-refractivity contribution in [1.82, 2.24) is 15.0 Å². The summed E-state index contributed by atoms with van der Waals surface area (Å²) in [6.07, 6.45) is -2.12. The van der Waals surface area contributed by atoms with Crippen LogP contribution in [0.15, 0.2) is 30.5 Å². The quantitative estimate of drug-likeness (QED) is 0.237. The maximum atomic E-state index is 15.0. The Morgan fingerprint density at radius 1 is 1.19 bits per heavy atom. The van der Waals surface area contributed by atoms with Gasteiger partial charge in [-0.1, -0.05) is 0 Å². The Morgan fingerprint density at radius 2 is 2.00 bits per heavy atom. The SMILES string of the molecule is CCOc1cnc2c(-c3nc4cc(F)c(OC5CC(F)(F)CCC5OC(=O)Cl)cc4s3)cc(C)cc2n1. The fraction of sp³-hybridized carbons (Fsp3) is 0.360. The highest BCUT2D eigenvalue weighted by molar-refractivity contribution is 7.21. The summed E-state index contributed by atoms with van der Waals surface area (Å²) in [5.74, 6) is -3.64. The van der Waals surface area contributed by atoms with E-state index in [1.807, 2.05) is 26.0 Å². The Balaban J connectivity index is 1.50. The van der Waals surface area contributed by atoms with E-state index in [0.29, 0.717) is 38.7 Å². The van der Waals surface area contributed by atoms with Crippen molar-refractivity contribution in [1.29, 1.82) is 0 Å². The highest BCUT2D eigenvalue weighted by atomic mass is 35.5. The number of carbonyl (C=O) groups is 1. The Kier molecular flexibility index (Phi) is 6.84. The molecule has 2 unspecified atom stereocenters. The van der Waals surface area contributed by atoms with Crippen LogP contribution in [0.4, 0.5) is 18.0 Å². The Labute approximate surface area is 218 Å². The maximum Gasteiger partial charge on any atom is 0.404 e. The van der Waals surface area contributed by atoms with Gasteiger partial charge in [0.1, 0.15) is 17.2 Å². The highest BCUT2D eigenvalue weighted by Gasteiger charge is 2.44. The van der Waals surface area contributed by atoms with Gasteiger partial charge < -0.3 is 14.2 Å². The number of carbonyl (C=O) groups excluding carboxylic acids is 1. The van der Waals surface area contributed by atoms with Crippen molar-refractivity contribution >= 4 is 49.6 Å². The number of hydrogen-bond acceptors (Lipinski definition) is 8. The molecule has 12 heteroatoms. The van der Waals surface area contributed by atoms with E-state index in [9.17, 15) is 18.0 Å². The van der Waals surface area contributed by atoms with Gasteiger partial charge in [0.15, 0.2) is 11.6 Å². The Morgan fingerprint density at radius 3 is 2.76 bits per heavy atom. The molecule has 2 aromatic heterocycles.